The Morgan fingerprint density at radius 3 is 1.36 bits per heavy atom. The number of phenols is 2. The Hall–Kier alpha value is -2.00. The molecule has 2 atom stereocenters. The van der Waals surface area contributed by atoms with E-state index >= 15 is 0 Å². The first-order chi connectivity index (χ1) is 12.1. The number of rotatable bonds is 10. The van der Waals surface area contributed by atoms with Crippen LogP contribution in [-0.4, -0.2) is 10.2 Å². The zero-order chi connectivity index (χ0) is 18.1. The minimum atomic E-state index is 0.0104. The van der Waals surface area contributed by atoms with Crippen LogP contribution in [0.1, 0.15) is 75.7 Å². The summed E-state index contributed by atoms with van der Waals surface area (Å²) in [6.45, 7) is 4.37. The summed E-state index contributed by atoms with van der Waals surface area (Å²) in [6, 6.07) is 14.7. The lowest BCUT2D eigenvalue weighted by Crippen LogP contribution is -2.11. The Bertz CT molecular complexity index is 549. The lowest BCUT2D eigenvalue weighted by atomic mass is 10.0. The van der Waals surface area contributed by atoms with Gasteiger partial charge < -0.3 is 14.9 Å². The van der Waals surface area contributed by atoms with Crippen LogP contribution in [0.3, 0.4) is 0 Å². The van der Waals surface area contributed by atoms with Crippen LogP contribution in [0.25, 0.3) is 0 Å². The highest BCUT2D eigenvalue weighted by Crippen LogP contribution is 2.34. The Balaban J connectivity index is 2.20. The van der Waals surface area contributed by atoms with Gasteiger partial charge in [0, 0.05) is 0 Å². The van der Waals surface area contributed by atoms with Crippen molar-refractivity contribution in [2.75, 3.05) is 0 Å². The molecule has 0 bridgehead atoms. The van der Waals surface area contributed by atoms with E-state index in [9.17, 15) is 10.2 Å². The van der Waals surface area contributed by atoms with Crippen molar-refractivity contribution < 1.29 is 14.9 Å². The number of phenolic OH excluding ortho intramolecular Hbond substituents is 2. The van der Waals surface area contributed by atoms with Crippen LogP contribution < -0.4 is 0 Å². The fourth-order valence-electron chi connectivity index (χ4n) is 2.98. The molecule has 0 saturated heterocycles. The van der Waals surface area contributed by atoms with Gasteiger partial charge >= 0.3 is 0 Å². The second kappa shape index (κ2) is 10.1. The summed E-state index contributed by atoms with van der Waals surface area (Å²) in [5, 5.41) is 19.1. The molecule has 0 aliphatic rings. The van der Waals surface area contributed by atoms with Gasteiger partial charge in [0.15, 0.2) is 0 Å². The second-order valence-corrected chi connectivity index (χ2v) is 6.58. The summed E-state index contributed by atoms with van der Waals surface area (Å²) in [5.74, 6) is 0.554. The average molecular weight is 342 g/mol. The molecule has 3 nitrogen and oxygen atoms in total. The highest BCUT2D eigenvalue weighted by Gasteiger charge is 2.20. The van der Waals surface area contributed by atoms with Gasteiger partial charge in [0.05, 0.1) is 12.2 Å². The van der Waals surface area contributed by atoms with Crippen LogP contribution in [0, 0.1) is 0 Å². The number of hydrogen-bond acceptors (Lipinski definition) is 3. The minimum absolute atomic E-state index is 0.0104. The van der Waals surface area contributed by atoms with E-state index in [4.69, 9.17) is 4.74 Å². The van der Waals surface area contributed by atoms with E-state index in [2.05, 4.69) is 13.8 Å². The van der Waals surface area contributed by atoms with Crippen LogP contribution in [0.15, 0.2) is 48.5 Å². The molecule has 0 aliphatic heterocycles. The Kier molecular flexibility index (Phi) is 7.80. The van der Waals surface area contributed by atoms with Crippen molar-refractivity contribution in [2.24, 2.45) is 0 Å². The lowest BCUT2D eigenvalue weighted by molar-refractivity contribution is -0.0260. The van der Waals surface area contributed by atoms with Crippen molar-refractivity contribution >= 4 is 0 Å². The van der Waals surface area contributed by atoms with Crippen LogP contribution in [0.5, 0.6) is 11.5 Å². The van der Waals surface area contributed by atoms with E-state index in [0.29, 0.717) is 0 Å². The van der Waals surface area contributed by atoms with Crippen molar-refractivity contribution in [3.63, 3.8) is 0 Å². The molecule has 0 aromatic heterocycles. The molecule has 2 N–H and O–H groups in total. The Morgan fingerprint density at radius 2 is 1.04 bits per heavy atom. The van der Waals surface area contributed by atoms with Gasteiger partial charge in [0.1, 0.15) is 11.5 Å². The molecule has 25 heavy (non-hydrogen) atoms. The third-order valence-corrected chi connectivity index (χ3v) is 4.50. The van der Waals surface area contributed by atoms with Crippen molar-refractivity contribution in [3.8, 4) is 11.5 Å². The van der Waals surface area contributed by atoms with E-state index in [1.165, 1.54) is 0 Å². The quantitative estimate of drug-likeness (QED) is 0.534. The number of benzene rings is 2. The third kappa shape index (κ3) is 6.09. The van der Waals surface area contributed by atoms with Gasteiger partial charge in [-0.05, 0) is 48.2 Å². The van der Waals surface area contributed by atoms with Gasteiger partial charge in [-0.3, -0.25) is 0 Å². The van der Waals surface area contributed by atoms with Crippen LogP contribution in [-0.2, 0) is 4.74 Å². The molecular weight excluding hydrogens is 312 g/mol. The van der Waals surface area contributed by atoms with Gasteiger partial charge in [0.2, 0.25) is 0 Å². The average Bonchev–Trinajstić information content (AvgIpc) is 2.63. The zero-order valence-electron chi connectivity index (χ0n) is 15.3. The molecule has 2 rings (SSSR count). The van der Waals surface area contributed by atoms with Gasteiger partial charge in [-0.25, -0.2) is 0 Å². The standard InChI is InChI=1S/C22H30O3/c1-3-5-7-21(17-9-13-19(23)14-10-17)25-22(8-6-4-2)18-11-15-20(24)16-12-18/h9-16,21-24H,3-8H2,1-2H3. The van der Waals surface area contributed by atoms with Crippen LogP contribution >= 0.6 is 0 Å². The van der Waals surface area contributed by atoms with Gasteiger partial charge in [-0.15, -0.1) is 0 Å². The summed E-state index contributed by atoms with van der Waals surface area (Å²) in [5.41, 5.74) is 2.21. The summed E-state index contributed by atoms with van der Waals surface area (Å²) < 4.78 is 6.54. The molecule has 0 radical (unpaired) electrons. The molecular formula is C22H30O3. The van der Waals surface area contributed by atoms with Gasteiger partial charge in [-0.2, -0.15) is 0 Å². The number of aromatic hydroxyl groups is 2. The predicted octanol–water partition coefficient (Wildman–Crippen LogP) is 6.28. The van der Waals surface area contributed by atoms with Gasteiger partial charge in [0.25, 0.3) is 0 Å². The second-order valence-electron chi connectivity index (χ2n) is 6.58. The van der Waals surface area contributed by atoms with Crippen LogP contribution in [0.2, 0.25) is 0 Å². The summed E-state index contributed by atoms with van der Waals surface area (Å²) in [7, 11) is 0. The van der Waals surface area contributed by atoms with E-state index in [0.717, 1.165) is 49.7 Å². The number of ether oxygens (including phenoxy) is 1. The van der Waals surface area contributed by atoms with Crippen molar-refractivity contribution in [3.05, 3.63) is 59.7 Å². The molecule has 0 heterocycles. The van der Waals surface area contributed by atoms with E-state index in [-0.39, 0.29) is 23.7 Å². The molecule has 2 aromatic rings. The molecule has 0 saturated carbocycles. The van der Waals surface area contributed by atoms with Crippen molar-refractivity contribution in [1.82, 2.24) is 0 Å². The fraction of sp³-hybridized carbons (Fsp3) is 0.455. The van der Waals surface area contributed by atoms with E-state index in [1.807, 2.05) is 24.3 Å². The predicted molar refractivity (Wildman–Crippen MR) is 102 cm³/mol. The van der Waals surface area contributed by atoms with Crippen LogP contribution in [0.4, 0.5) is 0 Å². The first kappa shape index (κ1) is 19.3. The molecule has 2 unspecified atom stereocenters. The van der Waals surface area contributed by atoms with Gasteiger partial charge in [-0.1, -0.05) is 63.8 Å². The maximum Gasteiger partial charge on any atom is 0.115 e. The van der Waals surface area contributed by atoms with Crippen molar-refractivity contribution in [1.29, 1.82) is 0 Å². The highest BCUT2D eigenvalue weighted by molar-refractivity contribution is 5.29. The molecule has 3 heteroatoms. The number of hydrogen-bond donors (Lipinski definition) is 2. The normalized spacial score (nSPS) is 13.5. The van der Waals surface area contributed by atoms with Crippen molar-refractivity contribution in [2.45, 2.75) is 64.6 Å². The highest BCUT2D eigenvalue weighted by atomic mass is 16.5. The topological polar surface area (TPSA) is 49.7 Å². The molecule has 0 spiro atoms. The molecule has 136 valence electrons. The monoisotopic (exact) mass is 342 g/mol. The van der Waals surface area contributed by atoms with E-state index in [1.54, 1.807) is 24.3 Å². The first-order valence-electron chi connectivity index (χ1n) is 9.37. The Morgan fingerprint density at radius 1 is 0.680 bits per heavy atom. The fourth-order valence-corrected chi connectivity index (χ4v) is 2.98. The lowest BCUT2D eigenvalue weighted by Gasteiger charge is -2.26. The maximum absolute atomic E-state index is 9.55. The summed E-state index contributed by atoms with van der Waals surface area (Å²) >= 11 is 0. The Labute approximate surface area is 151 Å². The largest absolute Gasteiger partial charge is 0.508 e. The third-order valence-electron chi connectivity index (χ3n) is 4.50. The number of unbranched alkanes of at least 4 members (excludes halogenated alkanes) is 2. The van der Waals surface area contributed by atoms with E-state index < -0.39 is 0 Å². The molecule has 0 aliphatic carbocycles. The molecule has 2 aromatic carbocycles. The molecule has 0 amide bonds. The minimum Gasteiger partial charge on any atom is -0.508 e. The maximum atomic E-state index is 9.55. The molecule has 0 fully saturated rings. The summed E-state index contributed by atoms with van der Waals surface area (Å²) in [4.78, 5) is 0. The smallest absolute Gasteiger partial charge is 0.115 e. The first-order valence-corrected chi connectivity index (χ1v) is 9.37. The SMILES string of the molecule is CCCCC(OC(CCCC)c1ccc(O)cc1)c1ccc(O)cc1. The zero-order valence-corrected chi connectivity index (χ0v) is 15.3. The summed E-state index contributed by atoms with van der Waals surface area (Å²) in [6.07, 6.45) is 6.38.